The van der Waals surface area contributed by atoms with E-state index in [0.29, 0.717) is 28.1 Å². The minimum Gasteiger partial charge on any atom is -0.491 e. The van der Waals surface area contributed by atoms with Crippen molar-refractivity contribution in [2.24, 2.45) is 7.05 Å². The van der Waals surface area contributed by atoms with Crippen molar-refractivity contribution in [2.45, 2.75) is 6.42 Å². The van der Waals surface area contributed by atoms with Crippen molar-refractivity contribution in [1.82, 2.24) is 14.5 Å². The Labute approximate surface area is 136 Å². The van der Waals surface area contributed by atoms with Crippen LogP contribution in [0.1, 0.15) is 5.56 Å². The normalized spacial score (nSPS) is 13.4. The van der Waals surface area contributed by atoms with Crippen LogP contribution in [0.25, 0.3) is 22.3 Å². The molecule has 0 atom stereocenters. The van der Waals surface area contributed by atoms with Gasteiger partial charge in [0, 0.05) is 30.8 Å². The molecule has 0 unspecified atom stereocenters. The van der Waals surface area contributed by atoms with Gasteiger partial charge < -0.3 is 15.0 Å². The molecule has 0 saturated heterocycles. The quantitative estimate of drug-likeness (QED) is 0.740. The molecule has 4 rings (SSSR count). The molecule has 22 heavy (non-hydrogen) atoms. The lowest BCUT2D eigenvalue weighted by Gasteiger charge is -2.13. The SMILES string of the molecule is Cn1ccc2nc(N)nc(-c3c(Cl)cc(Cl)c4c3CCO4)c21. The molecular weight excluding hydrogens is 323 g/mol. The molecule has 3 heterocycles. The van der Waals surface area contributed by atoms with Crippen LogP contribution in [0.5, 0.6) is 5.75 Å². The third-order valence-electron chi connectivity index (χ3n) is 3.86. The van der Waals surface area contributed by atoms with Crippen LogP contribution in [0, 0.1) is 0 Å². The smallest absolute Gasteiger partial charge is 0.221 e. The summed E-state index contributed by atoms with van der Waals surface area (Å²) in [6, 6.07) is 3.59. The molecule has 2 aromatic heterocycles. The molecule has 2 N–H and O–H groups in total. The molecule has 1 aromatic carbocycles. The molecule has 1 aliphatic heterocycles. The Morgan fingerprint density at radius 3 is 2.91 bits per heavy atom. The van der Waals surface area contributed by atoms with Crippen molar-refractivity contribution in [3.63, 3.8) is 0 Å². The average Bonchev–Trinajstić information content (AvgIpc) is 3.06. The average molecular weight is 335 g/mol. The topological polar surface area (TPSA) is 66.0 Å². The minimum atomic E-state index is 0.215. The maximum atomic E-state index is 6.47. The summed E-state index contributed by atoms with van der Waals surface area (Å²) >= 11 is 12.7. The number of hydrogen-bond donors (Lipinski definition) is 1. The Morgan fingerprint density at radius 1 is 1.27 bits per heavy atom. The number of nitrogens with two attached hydrogens (primary N) is 1. The maximum Gasteiger partial charge on any atom is 0.221 e. The van der Waals surface area contributed by atoms with E-state index in [9.17, 15) is 0 Å². The van der Waals surface area contributed by atoms with E-state index in [1.54, 1.807) is 6.07 Å². The number of fused-ring (bicyclic) bond motifs is 2. The molecule has 0 spiro atoms. The van der Waals surface area contributed by atoms with Gasteiger partial charge in [0.15, 0.2) is 0 Å². The molecular formula is C15H12Cl2N4O. The highest BCUT2D eigenvalue weighted by Gasteiger charge is 2.26. The number of nitrogens with zero attached hydrogens (tertiary/aromatic N) is 3. The molecule has 112 valence electrons. The molecule has 7 heteroatoms. The number of benzene rings is 1. The first kappa shape index (κ1) is 13.7. The fraction of sp³-hybridized carbons (Fsp3) is 0.200. The second-order valence-electron chi connectivity index (χ2n) is 5.21. The van der Waals surface area contributed by atoms with E-state index in [-0.39, 0.29) is 5.95 Å². The molecule has 5 nitrogen and oxygen atoms in total. The first-order valence-corrected chi connectivity index (χ1v) is 7.54. The number of nitrogen functional groups attached to an aromatic ring is 1. The largest absolute Gasteiger partial charge is 0.491 e. The minimum absolute atomic E-state index is 0.215. The van der Waals surface area contributed by atoms with Crippen LogP contribution in [0.15, 0.2) is 18.3 Å². The van der Waals surface area contributed by atoms with Gasteiger partial charge in [-0.3, -0.25) is 0 Å². The fourth-order valence-electron chi connectivity index (χ4n) is 2.94. The van der Waals surface area contributed by atoms with Gasteiger partial charge in [-0.25, -0.2) is 9.97 Å². The van der Waals surface area contributed by atoms with Gasteiger partial charge in [-0.15, -0.1) is 0 Å². The lowest BCUT2D eigenvalue weighted by molar-refractivity contribution is 0.357. The molecule has 0 fully saturated rings. The number of aryl methyl sites for hydroxylation is 1. The fourth-order valence-corrected chi connectivity index (χ4v) is 3.59. The third-order valence-corrected chi connectivity index (χ3v) is 4.44. The van der Waals surface area contributed by atoms with E-state index in [4.69, 9.17) is 33.7 Å². The molecule has 3 aromatic rings. The van der Waals surface area contributed by atoms with Crippen molar-refractivity contribution in [2.75, 3.05) is 12.3 Å². The number of hydrogen-bond acceptors (Lipinski definition) is 4. The second-order valence-corrected chi connectivity index (χ2v) is 6.03. The Morgan fingerprint density at radius 2 is 2.09 bits per heavy atom. The van der Waals surface area contributed by atoms with E-state index >= 15 is 0 Å². The molecule has 0 bridgehead atoms. The summed E-state index contributed by atoms with van der Waals surface area (Å²) in [5, 5.41) is 1.06. The van der Waals surface area contributed by atoms with Crippen molar-refractivity contribution in [1.29, 1.82) is 0 Å². The summed E-state index contributed by atoms with van der Waals surface area (Å²) in [6.07, 6.45) is 2.66. The van der Waals surface area contributed by atoms with E-state index in [1.165, 1.54) is 0 Å². The van der Waals surface area contributed by atoms with E-state index < -0.39 is 0 Å². The van der Waals surface area contributed by atoms with Crippen molar-refractivity contribution in [3.8, 4) is 17.0 Å². The monoisotopic (exact) mass is 334 g/mol. The van der Waals surface area contributed by atoms with Gasteiger partial charge in [0.1, 0.15) is 11.4 Å². The van der Waals surface area contributed by atoms with Crippen LogP contribution in [-0.2, 0) is 13.5 Å². The lowest BCUT2D eigenvalue weighted by Crippen LogP contribution is -2.01. The first-order chi connectivity index (χ1) is 10.6. The molecule has 1 aliphatic rings. The zero-order valence-corrected chi connectivity index (χ0v) is 13.2. The Balaban J connectivity index is 2.13. The number of aromatic nitrogens is 3. The van der Waals surface area contributed by atoms with E-state index in [2.05, 4.69) is 9.97 Å². The molecule has 0 aliphatic carbocycles. The van der Waals surface area contributed by atoms with Crippen LogP contribution in [-0.4, -0.2) is 21.1 Å². The van der Waals surface area contributed by atoms with Crippen LogP contribution in [0.4, 0.5) is 5.95 Å². The third kappa shape index (κ3) is 1.86. The summed E-state index contributed by atoms with van der Waals surface area (Å²) in [5.74, 6) is 0.896. The van der Waals surface area contributed by atoms with Crippen molar-refractivity contribution in [3.05, 3.63) is 33.9 Å². The highest BCUT2D eigenvalue weighted by molar-refractivity contribution is 6.37. The van der Waals surface area contributed by atoms with Gasteiger partial charge in [0.25, 0.3) is 0 Å². The standard InChI is InChI=1S/C15H12Cl2N4O/c1-21-4-2-10-13(21)12(20-15(18)19-10)11-7-3-5-22-14(7)9(17)6-8(11)16/h2,4,6H,3,5H2,1H3,(H2,18,19,20). The van der Waals surface area contributed by atoms with Gasteiger partial charge in [0.2, 0.25) is 5.95 Å². The summed E-state index contributed by atoms with van der Waals surface area (Å²) < 4.78 is 7.58. The zero-order chi connectivity index (χ0) is 15.4. The van der Waals surface area contributed by atoms with Gasteiger partial charge in [-0.2, -0.15) is 0 Å². The van der Waals surface area contributed by atoms with Crippen LogP contribution >= 0.6 is 23.2 Å². The van der Waals surface area contributed by atoms with E-state index in [1.807, 2.05) is 23.9 Å². The van der Waals surface area contributed by atoms with Crippen LogP contribution in [0.2, 0.25) is 10.0 Å². The Bertz CT molecular complexity index is 920. The summed E-state index contributed by atoms with van der Waals surface area (Å²) in [6.45, 7) is 0.583. The lowest BCUT2D eigenvalue weighted by atomic mass is 10.0. The highest BCUT2D eigenvalue weighted by Crippen LogP contribution is 2.45. The van der Waals surface area contributed by atoms with Gasteiger partial charge >= 0.3 is 0 Å². The Kier molecular flexibility index (Phi) is 2.96. The Hall–Kier alpha value is -1.98. The van der Waals surface area contributed by atoms with Gasteiger partial charge in [-0.05, 0) is 12.1 Å². The summed E-state index contributed by atoms with van der Waals surface area (Å²) in [4.78, 5) is 8.70. The molecule has 0 radical (unpaired) electrons. The van der Waals surface area contributed by atoms with Crippen molar-refractivity contribution >= 4 is 40.2 Å². The number of halogens is 2. The van der Waals surface area contributed by atoms with Gasteiger partial charge in [0.05, 0.1) is 27.7 Å². The van der Waals surface area contributed by atoms with Crippen LogP contribution in [0.3, 0.4) is 0 Å². The van der Waals surface area contributed by atoms with Crippen molar-refractivity contribution < 1.29 is 4.74 Å². The van der Waals surface area contributed by atoms with Crippen LogP contribution < -0.4 is 10.5 Å². The molecule has 0 amide bonds. The zero-order valence-electron chi connectivity index (χ0n) is 11.7. The number of ether oxygens (including phenoxy) is 1. The first-order valence-electron chi connectivity index (χ1n) is 6.79. The summed E-state index contributed by atoms with van der Waals surface area (Å²) in [5.41, 5.74) is 10.0. The maximum absolute atomic E-state index is 6.47. The second kappa shape index (κ2) is 4.76. The van der Waals surface area contributed by atoms with Gasteiger partial charge in [-0.1, -0.05) is 23.2 Å². The summed E-state index contributed by atoms with van der Waals surface area (Å²) in [7, 11) is 1.94. The number of anilines is 1. The predicted octanol–water partition coefficient (Wildman–Crippen LogP) is 3.46. The molecule has 0 saturated carbocycles. The predicted molar refractivity (Wildman–Crippen MR) is 87.6 cm³/mol. The highest BCUT2D eigenvalue weighted by atomic mass is 35.5. The van der Waals surface area contributed by atoms with E-state index in [0.717, 1.165) is 28.6 Å². The number of rotatable bonds is 1.